The van der Waals surface area contributed by atoms with Gasteiger partial charge in [0.05, 0.1) is 6.61 Å². The van der Waals surface area contributed by atoms with E-state index in [9.17, 15) is 0 Å². The van der Waals surface area contributed by atoms with E-state index in [1.54, 1.807) is 13.3 Å². The number of aliphatic hydroxyl groups is 1. The summed E-state index contributed by atoms with van der Waals surface area (Å²) in [4.78, 5) is 3.87. The Hall–Kier alpha value is -1.15. The Kier molecular flexibility index (Phi) is 2.81. The van der Waals surface area contributed by atoms with Crippen molar-refractivity contribution in [2.75, 3.05) is 7.05 Å². The third-order valence-corrected chi connectivity index (χ3v) is 1.41. The molecule has 0 amide bonds. The number of aliphatic hydroxyl groups excluding tert-OH is 1. The monoisotopic (exact) mass is 149 g/mol. The molecule has 0 unspecified atom stereocenters. The first kappa shape index (κ1) is 7.95. The van der Waals surface area contributed by atoms with Gasteiger partial charge in [-0.3, -0.25) is 4.99 Å². The lowest BCUT2D eigenvalue weighted by Gasteiger charge is -1.95. The maximum Gasteiger partial charge on any atom is 0.0682 e. The van der Waals surface area contributed by atoms with E-state index in [0.29, 0.717) is 0 Å². The molecule has 1 rings (SSSR count). The fourth-order valence-electron chi connectivity index (χ4n) is 0.921. The van der Waals surface area contributed by atoms with E-state index in [-0.39, 0.29) is 6.61 Å². The number of hydrogen-bond donors (Lipinski definition) is 1. The first-order chi connectivity index (χ1) is 5.36. The van der Waals surface area contributed by atoms with Gasteiger partial charge in [0.25, 0.3) is 0 Å². The zero-order chi connectivity index (χ0) is 8.10. The maximum atomic E-state index is 8.79. The van der Waals surface area contributed by atoms with Gasteiger partial charge in [0, 0.05) is 13.3 Å². The Morgan fingerprint density at radius 1 is 1.55 bits per heavy atom. The molecule has 0 spiro atoms. The molecule has 0 aliphatic rings. The molecule has 0 heterocycles. The molecule has 0 saturated heterocycles. The van der Waals surface area contributed by atoms with E-state index in [0.717, 1.165) is 11.1 Å². The number of aliphatic imine (C=N–C) groups is 1. The Morgan fingerprint density at radius 3 is 3.00 bits per heavy atom. The predicted molar refractivity (Wildman–Crippen MR) is 45.9 cm³/mol. The molecule has 1 aromatic rings. The zero-order valence-electron chi connectivity index (χ0n) is 6.49. The second-order valence-corrected chi connectivity index (χ2v) is 2.29. The predicted octanol–water partition coefficient (Wildman–Crippen LogP) is 1.23. The second-order valence-electron chi connectivity index (χ2n) is 2.29. The van der Waals surface area contributed by atoms with Crippen LogP contribution >= 0.6 is 0 Å². The highest BCUT2D eigenvalue weighted by Crippen LogP contribution is 2.02. The summed E-state index contributed by atoms with van der Waals surface area (Å²) in [6.45, 7) is 0.0887. The van der Waals surface area contributed by atoms with Gasteiger partial charge in [0.2, 0.25) is 0 Å². The number of hydrogen-bond acceptors (Lipinski definition) is 2. The third kappa shape index (κ3) is 2.16. The van der Waals surface area contributed by atoms with Crippen molar-refractivity contribution in [3.05, 3.63) is 35.4 Å². The van der Waals surface area contributed by atoms with E-state index in [2.05, 4.69) is 4.99 Å². The molecule has 1 N–H and O–H groups in total. The Morgan fingerprint density at radius 2 is 2.36 bits per heavy atom. The van der Waals surface area contributed by atoms with Crippen molar-refractivity contribution in [1.29, 1.82) is 0 Å². The Balaban J connectivity index is 2.91. The first-order valence-corrected chi connectivity index (χ1v) is 3.49. The topological polar surface area (TPSA) is 32.6 Å². The van der Waals surface area contributed by atoms with Crippen molar-refractivity contribution in [1.82, 2.24) is 0 Å². The Bertz CT molecular complexity index is 255. The van der Waals surface area contributed by atoms with Gasteiger partial charge in [0.1, 0.15) is 0 Å². The zero-order valence-corrected chi connectivity index (χ0v) is 6.49. The van der Waals surface area contributed by atoms with Crippen LogP contribution in [-0.4, -0.2) is 18.4 Å². The quantitative estimate of drug-likeness (QED) is 0.630. The van der Waals surface area contributed by atoms with Crippen LogP contribution in [0.4, 0.5) is 0 Å². The minimum atomic E-state index is 0.0887. The molecule has 1 aromatic carbocycles. The molecule has 0 aliphatic heterocycles. The van der Waals surface area contributed by atoms with Crippen molar-refractivity contribution in [2.24, 2.45) is 4.99 Å². The van der Waals surface area contributed by atoms with Crippen molar-refractivity contribution >= 4 is 6.21 Å². The van der Waals surface area contributed by atoms with Gasteiger partial charge in [-0.15, -0.1) is 0 Å². The first-order valence-electron chi connectivity index (χ1n) is 3.49. The average Bonchev–Trinajstić information content (AvgIpc) is 2.06. The SMILES string of the molecule is CN=Cc1cccc(CO)c1. The molecular weight excluding hydrogens is 138 g/mol. The third-order valence-electron chi connectivity index (χ3n) is 1.41. The lowest BCUT2D eigenvalue weighted by atomic mass is 10.1. The maximum absolute atomic E-state index is 8.79. The molecule has 0 aliphatic carbocycles. The highest BCUT2D eigenvalue weighted by Gasteiger charge is 1.89. The molecule has 0 fully saturated rings. The van der Waals surface area contributed by atoms with Crippen LogP contribution in [0.3, 0.4) is 0 Å². The largest absolute Gasteiger partial charge is 0.392 e. The van der Waals surface area contributed by atoms with Crippen LogP contribution in [0.15, 0.2) is 29.3 Å². The number of nitrogens with zero attached hydrogens (tertiary/aromatic N) is 1. The van der Waals surface area contributed by atoms with Crippen LogP contribution in [0.2, 0.25) is 0 Å². The van der Waals surface area contributed by atoms with Gasteiger partial charge in [0.15, 0.2) is 0 Å². The molecule has 0 bridgehead atoms. The molecule has 0 aromatic heterocycles. The molecule has 0 saturated carbocycles. The highest BCUT2D eigenvalue weighted by molar-refractivity contribution is 5.79. The fraction of sp³-hybridized carbons (Fsp3) is 0.222. The summed E-state index contributed by atoms with van der Waals surface area (Å²) >= 11 is 0. The number of benzene rings is 1. The van der Waals surface area contributed by atoms with E-state index in [1.165, 1.54) is 0 Å². The fourth-order valence-corrected chi connectivity index (χ4v) is 0.921. The van der Waals surface area contributed by atoms with E-state index in [1.807, 2.05) is 24.3 Å². The molecule has 0 atom stereocenters. The summed E-state index contributed by atoms with van der Waals surface area (Å²) in [5.41, 5.74) is 1.95. The molecular formula is C9H11NO. The highest BCUT2D eigenvalue weighted by atomic mass is 16.3. The molecule has 58 valence electrons. The van der Waals surface area contributed by atoms with Gasteiger partial charge in [-0.05, 0) is 17.2 Å². The molecule has 2 nitrogen and oxygen atoms in total. The standard InChI is InChI=1S/C9H11NO/c1-10-6-8-3-2-4-9(5-8)7-11/h2-6,11H,7H2,1H3. The van der Waals surface area contributed by atoms with Crippen molar-refractivity contribution in [3.8, 4) is 0 Å². The normalized spacial score (nSPS) is 10.7. The lowest BCUT2D eigenvalue weighted by molar-refractivity contribution is 0.282. The van der Waals surface area contributed by atoms with E-state index in [4.69, 9.17) is 5.11 Å². The van der Waals surface area contributed by atoms with Crippen LogP contribution in [-0.2, 0) is 6.61 Å². The van der Waals surface area contributed by atoms with Gasteiger partial charge in [-0.25, -0.2) is 0 Å². The second kappa shape index (κ2) is 3.88. The summed E-state index contributed by atoms with van der Waals surface area (Å²) in [5.74, 6) is 0. The lowest BCUT2D eigenvalue weighted by Crippen LogP contribution is -1.85. The molecule has 0 radical (unpaired) electrons. The minimum Gasteiger partial charge on any atom is -0.392 e. The molecule has 2 heteroatoms. The average molecular weight is 149 g/mol. The van der Waals surface area contributed by atoms with E-state index < -0.39 is 0 Å². The van der Waals surface area contributed by atoms with Gasteiger partial charge in [-0.1, -0.05) is 18.2 Å². The summed E-state index contributed by atoms with van der Waals surface area (Å²) in [6, 6.07) is 7.65. The van der Waals surface area contributed by atoms with Crippen LogP contribution in [0.1, 0.15) is 11.1 Å². The van der Waals surface area contributed by atoms with Crippen LogP contribution < -0.4 is 0 Å². The smallest absolute Gasteiger partial charge is 0.0682 e. The van der Waals surface area contributed by atoms with Gasteiger partial charge >= 0.3 is 0 Å². The number of rotatable bonds is 2. The van der Waals surface area contributed by atoms with Crippen LogP contribution in [0, 0.1) is 0 Å². The van der Waals surface area contributed by atoms with E-state index >= 15 is 0 Å². The van der Waals surface area contributed by atoms with Crippen molar-refractivity contribution in [3.63, 3.8) is 0 Å². The Labute approximate surface area is 66.2 Å². The minimum absolute atomic E-state index is 0.0887. The molecule has 11 heavy (non-hydrogen) atoms. The summed E-state index contributed by atoms with van der Waals surface area (Å²) in [6.07, 6.45) is 1.76. The summed E-state index contributed by atoms with van der Waals surface area (Å²) in [7, 11) is 1.73. The summed E-state index contributed by atoms with van der Waals surface area (Å²) < 4.78 is 0. The van der Waals surface area contributed by atoms with Crippen molar-refractivity contribution < 1.29 is 5.11 Å². The van der Waals surface area contributed by atoms with Crippen molar-refractivity contribution in [2.45, 2.75) is 6.61 Å². The van der Waals surface area contributed by atoms with Gasteiger partial charge < -0.3 is 5.11 Å². The van der Waals surface area contributed by atoms with Crippen LogP contribution in [0.25, 0.3) is 0 Å². The van der Waals surface area contributed by atoms with Crippen LogP contribution in [0.5, 0.6) is 0 Å². The summed E-state index contributed by atoms with van der Waals surface area (Å²) in [5, 5.41) is 8.79. The van der Waals surface area contributed by atoms with Gasteiger partial charge in [-0.2, -0.15) is 0 Å².